The normalized spacial score (nSPS) is 11.0. The lowest BCUT2D eigenvalue weighted by Gasteiger charge is -1.98. The molecule has 120 valence electrons. The fraction of sp³-hybridized carbons (Fsp3) is 0.0667. The minimum atomic E-state index is -0.496. The number of hydrazone groups is 1. The summed E-state index contributed by atoms with van der Waals surface area (Å²) in [5.41, 5.74) is 4.19. The third-order valence-corrected chi connectivity index (χ3v) is 3.10. The molecule has 1 heterocycles. The second-order valence-electron chi connectivity index (χ2n) is 4.86. The summed E-state index contributed by atoms with van der Waals surface area (Å²) in [6.07, 6.45) is 1.33. The average molecular weight is 324 g/mol. The maximum Gasteiger partial charge on any atom is 0.270 e. The number of nitrogens with one attached hydrogen (secondary N) is 1. The number of nitro benzene ring substituents is 1. The maximum absolute atomic E-state index is 11.8. The lowest BCUT2D eigenvalue weighted by Crippen LogP contribution is -2.24. The first-order valence-corrected chi connectivity index (χ1v) is 6.98. The van der Waals surface area contributed by atoms with Crippen LogP contribution in [-0.2, 0) is 11.3 Å². The summed E-state index contributed by atoms with van der Waals surface area (Å²) in [7, 11) is 0. The molecule has 0 unspecified atom stereocenters. The average Bonchev–Trinajstić information content (AvgIpc) is 2.97. The number of non-ortho nitro benzene ring substituents is 1. The fourth-order valence-electron chi connectivity index (χ4n) is 2.04. The number of carbonyl (C=O) groups excluding carboxylic acids is 1. The van der Waals surface area contributed by atoms with E-state index in [1.165, 1.54) is 23.1 Å². The third kappa shape index (κ3) is 3.58. The third-order valence-electron chi connectivity index (χ3n) is 3.10. The zero-order valence-corrected chi connectivity index (χ0v) is 12.4. The number of nitrogens with zero attached hydrogens (tertiary/aromatic N) is 5. The number of carbonyl (C=O) groups is 1. The highest BCUT2D eigenvalue weighted by molar-refractivity contribution is 5.83. The summed E-state index contributed by atoms with van der Waals surface area (Å²) in [5.74, 6) is -0.406. The van der Waals surface area contributed by atoms with E-state index in [1.807, 2.05) is 12.1 Å². The van der Waals surface area contributed by atoms with E-state index in [1.54, 1.807) is 24.3 Å². The first kappa shape index (κ1) is 15.3. The molecule has 1 aromatic heterocycles. The number of hydrogen-bond acceptors (Lipinski definition) is 6. The van der Waals surface area contributed by atoms with Crippen molar-refractivity contribution in [2.45, 2.75) is 6.54 Å². The van der Waals surface area contributed by atoms with Gasteiger partial charge in [-0.3, -0.25) is 14.9 Å². The summed E-state index contributed by atoms with van der Waals surface area (Å²) < 4.78 is 0. The van der Waals surface area contributed by atoms with Gasteiger partial charge in [0, 0.05) is 17.7 Å². The van der Waals surface area contributed by atoms with Crippen molar-refractivity contribution in [2.75, 3.05) is 0 Å². The Morgan fingerprint density at radius 1 is 1.21 bits per heavy atom. The predicted molar refractivity (Wildman–Crippen MR) is 86.4 cm³/mol. The molecule has 0 fully saturated rings. The number of benzene rings is 2. The molecule has 24 heavy (non-hydrogen) atoms. The second-order valence-corrected chi connectivity index (χ2v) is 4.86. The molecule has 3 rings (SSSR count). The molecule has 1 N–H and O–H groups in total. The molecule has 9 nitrogen and oxygen atoms in total. The van der Waals surface area contributed by atoms with Crippen LogP contribution in [0.15, 0.2) is 53.6 Å². The molecule has 3 aromatic rings. The van der Waals surface area contributed by atoms with E-state index < -0.39 is 10.8 Å². The van der Waals surface area contributed by atoms with Crippen LogP contribution in [0.3, 0.4) is 0 Å². The zero-order valence-electron chi connectivity index (χ0n) is 12.4. The summed E-state index contributed by atoms with van der Waals surface area (Å²) in [5, 5.41) is 22.8. The van der Waals surface area contributed by atoms with Gasteiger partial charge >= 0.3 is 0 Å². The van der Waals surface area contributed by atoms with Crippen LogP contribution >= 0.6 is 0 Å². The van der Waals surface area contributed by atoms with Crippen molar-refractivity contribution in [1.82, 2.24) is 20.4 Å². The van der Waals surface area contributed by atoms with Gasteiger partial charge in [-0.15, -0.1) is 0 Å². The van der Waals surface area contributed by atoms with Crippen LogP contribution < -0.4 is 5.43 Å². The monoisotopic (exact) mass is 324 g/mol. The Kier molecular flexibility index (Phi) is 4.23. The van der Waals surface area contributed by atoms with Crippen LogP contribution in [0.2, 0.25) is 0 Å². The highest BCUT2D eigenvalue weighted by atomic mass is 16.6. The quantitative estimate of drug-likeness (QED) is 0.434. The molecule has 1 amide bonds. The van der Waals surface area contributed by atoms with Crippen LogP contribution in [0.1, 0.15) is 5.56 Å². The van der Waals surface area contributed by atoms with Crippen molar-refractivity contribution in [2.24, 2.45) is 5.10 Å². The van der Waals surface area contributed by atoms with Crippen LogP contribution in [0.4, 0.5) is 5.69 Å². The van der Waals surface area contributed by atoms with Crippen molar-refractivity contribution in [1.29, 1.82) is 0 Å². The molecule has 0 saturated carbocycles. The maximum atomic E-state index is 11.8. The van der Waals surface area contributed by atoms with Crippen LogP contribution in [-0.4, -0.2) is 32.0 Å². The number of rotatable bonds is 5. The van der Waals surface area contributed by atoms with E-state index in [0.717, 1.165) is 0 Å². The molecular formula is C15H12N6O3. The molecule has 0 aliphatic heterocycles. The van der Waals surface area contributed by atoms with Crippen molar-refractivity contribution in [3.05, 3.63) is 64.2 Å². The molecule has 0 spiro atoms. The van der Waals surface area contributed by atoms with Crippen LogP contribution in [0.25, 0.3) is 11.0 Å². The van der Waals surface area contributed by atoms with Gasteiger partial charge in [0.2, 0.25) is 0 Å². The molecule has 0 saturated heterocycles. The standard InChI is InChI=1S/C15H12N6O3/c22-15(10-20-18-13-6-1-2-7-14(13)19-20)17-16-9-11-4-3-5-12(8-11)21(23)24/h1-9H,10H2,(H,17,22)/b16-9-. The summed E-state index contributed by atoms with van der Waals surface area (Å²) in [6.45, 7) is -0.0824. The largest absolute Gasteiger partial charge is 0.271 e. The van der Waals surface area contributed by atoms with Crippen molar-refractivity contribution in [3.63, 3.8) is 0 Å². The van der Waals surface area contributed by atoms with Gasteiger partial charge in [-0.05, 0) is 12.1 Å². The minimum absolute atomic E-state index is 0.0438. The molecule has 0 bridgehead atoms. The Hall–Kier alpha value is -3.62. The predicted octanol–water partition coefficient (Wildman–Crippen LogP) is 1.49. The van der Waals surface area contributed by atoms with Crippen LogP contribution in [0, 0.1) is 10.1 Å². The van der Waals surface area contributed by atoms with Gasteiger partial charge in [0.15, 0.2) is 0 Å². The van der Waals surface area contributed by atoms with E-state index in [-0.39, 0.29) is 12.2 Å². The van der Waals surface area contributed by atoms with Gasteiger partial charge in [0.25, 0.3) is 11.6 Å². The van der Waals surface area contributed by atoms with Crippen LogP contribution in [0.5, 0.6) is 0 Å². The minimum Gasteiger partial charge on any atom is -0.271 e. The lowest BCUT2D eigenvalue weighted by molar-refractivity contribution is -0.384. The number of aromatic nitrogens is 3. The first-order chi connectivity index (χ1) is 11.6. The van der Waals surface area contributed by atoms with E-state index in [4.69, 9.17) is 0 Å². The Bertz CT molecular complexity index is 901. The van der Waals surface area contributed by atoms with Gasteiger partial charge in [-0.1, -0.05) is 24.3 Å². The number of hydrogen-bond donors (Lipinski definition) is 1. The first-order valence-electron chi connectivity index (χ1n) is 6.98. The number of nitro groups is 1. The number of amides is 1. The fourth-order valence-corrected chi connectivity index (χ4v) is 2.04. The molecule has 0 radical (unpaired) electrons. The lowest BCUT2D eigenvalue weighted by atomic mass is 10.2. The van der Waals surface area contributed by atoms with E-state index in [9.17, 15) is 14.9 Å². The Morgan fingerprint density at radius 2 is 1.92 bits per heavy atom. The Labute approximate surface area is 135 Å². The highest BCUT2D eigenvalue weighted by Crippen LogP contribution is 2.11. The zero-order chi connectivity index (χ0) is 16.9. The van der Waals surface area contributed by atoms with Gasteiger partial charge in [-0.25, -0.2) is 5.43 Å². The smallest absolute Gasteiger partial charge is 0.270 e. The SMILES string of the molecule is O=C(Cn1nc2ccccc2n1)N/N=C\c1cccc([N+](=O)[O-])c1. The second kappa shape index (κ2) is 6.65. The molecule has 0 atom stereocenters. The highest BCUT2D eigenvalue weighted by Gasteiger charge is 2.07. The van der Waals surface area contributed by atoms with Gasteiger partial charge < -0.3 is 0 Å². The number of fused-ring (bicyclic) bond motifs is 1. The molecule has 0 aliphatic rings. The van der Waals surface area contributed by atoms with Gasteiger partial charge in [0.05, 0.1) is 11.1 Å². The molecule has 2 aromatic carbocycles. The van der Waals surface area contributed by atoms with Gasteiger partial charge in [0.1, 0.15) is 17.6 Å². The summed E-state index contributed by atoms with van der Waals surface area (Å²) in [6, 6.07) is 13.2. The van der Waals surface area contributed by atoms with Crippen molar-refractivity contribution >= 4 is 28.8 Å². The molecule has 0 aliphatic carbocycles. The van der Waals surface area contributed by atoms with Gasteiger partial charge in [-0.2, -0.15) is 20.1 Å². The Morgan fingerprint density at radius 3 is 2.58 bits per heavy atom. The van der Waals surface area contributed by atoms with Crippen molar-refractivity contribution in [3.8, 4) is 0 Å². The molecular weight excluding hydrogens is 312 g/mol. The van der Waals surface area contributed by atoms with Crippen molar-refractivity contribution < 1.29 is 9.72 Å². The van der Waals surface area contributed by atoms with E-state index in [2.05, 4.69) is 20.7 Å². The van der Waals surface area contributed by atoms with E-state index in [0.29, 0.717) is 16.6 Å². The van der Waals surface area contributed by atoms with E-state index >= 15 is 0 Å². The Balaban J connectivity index is 1.60. The molecule has 9 heteroatoms. The summed E-state index contributed by atoms with van der Waals surface area (Å²) >= 11 is 0. The topological polar surface area (TPSA) is 115 Å². The summed E-state index contributed by atoms with van der Waals surface area (Å²) in [4.78, 5) is 23.3.